The van der Waals surface area contributed by atoms with Crippen LogP contribution in [0, 0.1) is 18.8 Å². The van der Waals surface area contributed by atoms with Crippen molar-refractivity contribution in [3.8, 4) is 0 Å². The van der Waals surface area contributed by atoms with Gasteiger partial charge in [-0.15, -0.1) is 16.4 Å². The molecule has 0 saturated carbocycles. The molecule has 42 heavy (non-hydrogen) atoms. The van der Waals surface area contributed by atoms with Gasteiger partial charge in [-0.25, -0.2) is 14.6 Å². The van der Waals surface area contributed by atoms with Gasteiger partial charge < -0.3 is 25.3 Å². The topological polar surface area (TPSA) is 190 Å². The fraction of sp³-hybridized carbons (Fsp3) is 0.577. The summed E-state index contributed by atoms with van der Waals surface area (Å²) in [6.45, 7) is 11.1. The number of carbonyl (C=O) groups excluding carboxylic acids is 4. The lowest BCUT2D eigenvalue weighted by Crippen LogP contribution is -2.49. The van der Waals surface area contributed by atoms with Crippen molar-refractivity contribution >= 4 is 35.0 Å². The van der Waals surface area contributed by atoms with Crippen LogP contribution in [0.25, 0.3) is 0 Å². The van der Waals surface area contributed by atoms with E-state index in [2.05, 4.69) is 41.4 Å². The zero-order chi connectivity index (χ0) is 30.6. The number of nitrogens with one attached hydrogen (secondary N) is 3. The van der Waals surface area contributed by atoms with Crippen LogP contribution >= 0.6 is 11.3 Å². The summed E-state index contributed by atoms with van der Waals surface area (Å²) >= 11 is 1.26. The van der Waals surface area contributed by atoms with E-state index in [-0.39, 0.29) is 66.8 Å². The number of nitrogens with zero attached hydrogens (tertiary/aromatic N) is 7. The first-order valence-corrected chi connectivity index (χ1v) is 14.6. The van der Waals surface area contributed by atoms with Gasteiger partial charge in [0, 0.05) is 24.4 Å². The van der Waals surface area contributed by atoms with Crippen LogP contribution in [-0.4, -0.2) is 77.8 Å². The fourth-order valence-electron chi connectivity index (χ4n) is 4.50. The SMILES string of the molecule is Cc1oc2nc1C(=O)N[C@H](C)CN(C(=O)CCn1cnnn1)CC(=O)N[C@@H](C(C)C)c1nc(cs1)C(=O)N[C@@H]2C(C)C. The summed E-state index contributed by atoms with van der Waals surface area (Å²) in [7, 11) is 0. The highest BCUT2D eigenvalue weighted by molar-refractivity contribution is 7.09. The van der Waals surface area contributed by atoms with Crippen molar-refractivity contribution in [3.63, 3.8) is 0 Å². The van der Waals surface area contributed by atoms with Crippen molar-refractivity contribution in [2.24, 2.45) is 11.8 Å². The van der Waals surface area contributed by atoms with E-state index in [1.165, 1.54) is 27.2 Å². The summed E-state index contributed by atoms with van der Waals surface area (Å²) in [5.74, 6) is -1.32. The second-order valence-corrected chi connectivity index (χ2v) is 11.9. The lowest BCUT2D eigenvalue weighted by atomic mass is 10.0. The number of fused-ring (bicyclic) bond motifs is 4. The van der Waals surface area contributed by atoms with Crippen molar-refractivity contribution in [2.75, 3.05) is 13.1 Å². The predicted molar refractivity (Wildman–Crippen MR) is 150 cm³/mol. The van der Waals surface area contributed by atoms with Crippen molar-refractivity contribution in [1.82, 2.24) is 51.0 Å². The molecule has 0 unspecified atom stereocenters. The van der Waals surface area contributed by atoms with Gasteiger partial charge in [0.1, 0.15) is 28.8 Å². The molecule has 0 aromatic carbocycles. The standard InChI is InChI=1S/C26H36N10O5S/c1-13(2)20-25-32-22(16(6)41-25)24(40)28-15(5)9-35(19(38)7-8-36-12-27-33-34-36)10-18(37)30-21(14(3)4)26-29-17(11-42-26)23(39)31-20/h11-15,20-21H,7-10H2,1-6H3,(H,28,40)(H,30,37)(H,31,39)/t15-,20-,21+/m1/s1. The molecule has 3 aromatic rings. The third kappa shape index (κ3) is 7.35. The van der Waals surface area contributed by atoms with Gasteiger partial charge in [-0.2, -0.15) is 0 Å². The molecule has 0 fully saturated rings. The number of hydrogen-bond donors (Lipinski definition) is 3. The van der Waals surface area contributed by atoms with Gasteiger partial charge in [0.05, 0.1) is 19.1 Å². The molecule has 0 radical (unpaired) electrons. The van der Waals surface area contributed by atoms with Gasteiger partial charge in [-0.05, 0) is 36.1 Å². The molecule has 4 heterocycles. The lowest BCUT2D eigenvalue weighted by Gasteiger charge is -2.27. The van der Waals surface area contributed by atoms with Crippen molar-refractivity contribution < 1.29 is 23.6 Å². The molecule has 4 bridgehead atoms. The minimum absolute atomic E-state index is 0.0416. The molecular weight excluding hydrogens is 564 g/mol. The number of rotatable bonds is 5. The zero-order valence-electron chi connectivity index (χ0n) is 24.4. The molecule has 4 amide bonds. The molecule has 4 rings (SSSR count). The first-order valence-electron chi connectivity index (χ1n) is 13.7. The molecule has 16 heteroatoms. The van der Waals surface area contributed by atoms with Crippen molar-refractivity contribution in [3.05, 3.63) is 39.8 Å². The molecule has 226 valence electrons. The fourth-order valence-corrected chi connectivity index (χ4v) is 5.52. The molecule has 0 saturated heterocycles. The minimum Gasteiger partial charge on any atom is -0.443 e. The van der Waals surface area contributed by atoms with E-state index in [4.69, 9.17) is 4.42 Å². The van der Waals surface area contributed by atoms with E-state index in [1.54, 1.807) is 19.2 Å². The number of thiazole rings is 1. The van der Waals surface area contributed by atoms with Crippen molar-refractivity contribution in [1.29, 1.82) is 0 Å². The maximum absolute atomic E-state index is 13.3. The number of hydrogen-bond acceptors (Lipinski definition) is 11. The Balaban J connectivity index is 1.67. The van der Waals surface area contributed by atoms with Gasteiger partial charge >= 0.3 is 0 Å². The summed E-state index contributed by atoms with van der Waals surface area (Å²) in [5.41, 5.74) is 0.263. The van der Waals surface area contributed by atoms with Crippen molar-refractivity contribution in [2.45, 2.75) is 72.6 Å². The molecule has 0 spiro atoms. The normalized spacial score (nSPS) is 20.6. The minimum atomic E-state index is -0.617. The molecule has 3 N–H and O–H groups in total. The van der Waals surface area contributed by atoms with Gasteiger partial charge in [0.15, 0.2) is 5.69 Å². The van der Waals surface area contributed by atoms with E-state index in [0.717, 1.165) is 0 Å². The van der Waals surface area contributed by atoms with Crippen LogP contribution in [0.2, 0.25) is 0 Å². The summed E-state index contributed by atoms with van der Waals surface area (Å²) in [4.78, 5) is 63.3. The smallest absolute Gasteiger partial charge is 0.273 e. The van der Waals surface area contributed by atoms with E-state index >= 15 is 0 Å². The molecule has 3 atom stereocenters. The zero-order valence-corrected chi connectivity index (χ0v) is 25.3. The van der Waals surface area contributed by atoms with E-state index < -0.39 is 35.8 Å². The Bertz CT molecular complexity index is 1420. The summed E-state index contributed by atoms with van der Waals surface area (Å²) in [5, 5.41) is 21.9. The van der Waals surface area contributed by atoms with Crippen LogP contribution in [-0.2, 0) is 16.1 Å². The third-order valence-electron chi connectivity index (χ3n) is 6.76. The van der Waals surface area contributed by atoms with E-state index in [9.17, 15) is 19.2 Å². The van der Waals surface area contributed by atoms with Crippen LogP contribution in [0.4, 0.5) is 0 Å². The Hall–Kier alpha value is -4.21. The van der Waals surface area contributed by atoms with Crippen LogP contribution in [0.15, 0.2) is 16.1 Å². The van der Waals surface area contributed by atoms with Crippen LogP contribution in [0.1, 0.15) is 90.8 Å². The lowest BCUT2D eigenvalue weighted by molar-refractivity contribution is -0.136. The Labute approximate surface area is 246 Å². The van der Waals surface area contributed by atoms with Gasteiger partial charge in [0.25, 0.3) is 11.8 Å². The number of oxazole rings is 1. The average molecular weight is 601 g/mol. The second kappa shape index (κ2) is 13.2. The predicted octanol–water partition coefficient (Wildman–Crippen LogP) is 1.42. The molecule has 15 nitrogen and oxygen atoms in total. The summed E-state index contributed by atoms with van der Waals surface area (Å²) in [6.07, 6.45) is 1.44. The molecule has 1 aliphatic heterocycles. The average Bonchev–Trinajstić information content (AvgIpc) is 3.69. The number of aromatic nitrogens is 6. The highest BCUT2D eigenvalue weighted by atomic mass is 32.1. The van der Waals surface area contributed by atoms with E-state index in [1.807, 2.05) is 27.7 Å². The number of carbonyl (C=O) groups is 4. The van der Waals surface area contributed by atoms with Gasteiger partial charge in [-0.1, -0.05) is 27.7 Å². The monoisotopic (exact) mass is 600 g/mol. The van der Waals surface area contributed by atoms with Gasteiger partial charge in [-0.3, -0.25) is 19.2 Å². The number of aryl methyl sites for hydroxylation is 2. The quantitative estimate of drug-likeness (QED) is 0.386. The first-order chi connectivity index (χ1) is 19.9. The van der Waals surface area contributed by atoms with Crippen LogP contribution < -0.4 is 16.0 Å². The molecule has 3 aromatic heterocycles. The maximum Gasteiger partial charge on any atom is 0.273 e. The first kappa shape index (κ1) is 30.7. The van der Waals surface area contributed by atoms with Gasteiger partial charge in [0.2, 0.25) is 17.7 Å². The van der Waals surface area contributed by atoms with Crippen LogP contribution in [0.3, 0.4) is 0 Å². The highest BCUT2D eigenvalue weighted by Gasteiger charge is 2.31. The number of amides is 4. The van der Waals surface area contributed by atoms with Crippen LogP contribution in [0.5, 0.6) is 0 Å². The second-order valence-electron chi connectivity index (χ2n) is 11.0. The maximum atomic E-state index is 13.3. The largest absolute Gasteiger partial charge is 0.443 e. The Kier molecular flexibility index (Phi) is 9.65. The Morgan fingerprint density at radius 3 is 2.48 bits per heavy atom. The summed E-state index contributed by atoms with van der Waals surface area (Å²) < 4.78 is 7.26. The molecular formula is C26H36N10O5S. The molecule has 1 aliphatic rings. The summed E-state index contributed by atoms with van der Waals surface area (Å²) in [6, 6.07) is -1.65. The molecule has 0 aliphatic carbocycles. The Morgan fingerprint density at radius 2 is 1.81 bits per heavy atom. The van der Waals surface area contributed by atoms with E-state index in [0.29, 0.717) is 5.01 Å². The third-order valence-corrected chi connectivity index (χ3v) is 7.68. The highest BCUT2D eigenvalue weighted by Crippen LogP contribution is 2.27. The Morgan fingerprint density at radius 1 is 1.07 bits per heavy atom. The number of tetrazole rings is 1.